The van der Waals surface area contributed by atoms with Crippen LogP contribution < -0.4 is 0 Å². The highest BCUT2D eigenvalue weighted by Crippen LogP contribution is 2.13. The molecule has 27 heavy (non-hydrogen) atoms. The van der Waals surface area contributed by atoms with Crippen molar-refractivity contribution in [1.82, 2.24) is 0 Å². The van der Waals surface area contributed by atoms with E-state index in [1.54, 1.807) is 0 Å². The third kappa shape index (κ3) is 20.4. The Hall–Kier alpha value is -0.160. The van der Waals surface area contributed by atoms with E-state index in [0.717, 1.165) is 13.0 Å². The van der Waals surface area contributed by atoms with Crippen molar-refractivity contribution in [3.05, 3.63) is 0 Å². The van der Waals surface area contributed by atoms with Crippen molar-refractivity contribution < 1.29 is 19.2 Å². The highest BCUT2D eigenvalue weighted by molar-refractivity contribution is 4.66. The molecule has 0 aromatic heterocycles. The number of hydrogen-bond acceptors (Lipinski definition) is 4. The predicted octanol–water partition coefficient (Wildman–Crippen LogP) is 6.61. The number of epoxide rings is 1. The van der Waals surface area contributed by atoms with Crippen LogP contribution in [-0.4, -0.2) is 39.1 Å². The van der Waals surface area contributed by atoms with Gasteiger partial charge in [-0.2, -0.15) is 0 Å². The summed E-state index contributed by atoms with van der Waals surface area (Å²) in [5.74, 6) is 0. The highest BCUT2D eigenvalue weighted by atomic mass is 17.2. The Morgan fingerprint density at radius 1 is 0.593 bits per heavy atom. The Labute approximate surface area is 168 Å². The van der Waals surface area contributed by atoms with Gasteiger partial charge in [-0.25, -0.2) is 9.78 Å². The van der Waals surface area contributed by atoms with Crippen molar-refractivity contribution in [2.75, 3.05) is 33.0 Å². The van der Waals surface area contributed by atoms with Crippen LogP contribution in [0.3, 0.4) is 0 Å². The van der Waals surface area contributed by atoms with Gasteiger partial charge in [0.1, 0.15) is 12.7 Å². The normalized spacial score (nSPS) is 16.1. The first kappa shape index (κ1) is 24.9. The van der Waals surface area contributed by atoms with Gasteiger partial charge in [-0.05, 0) is 6.42 Å². The number of unbranched alkanes of at least 4 members (excludes halogenated alkanes) is 15. The maximum Gasteiger partial charge on any atom is 0.106 e. The molecule has 162 valence electrons. The van der Waals surface area contributed by atoms with Gasteiger partial charge in [-0.15, -0.1) is 0 Å². The molecule has 0 spiro atoms. The Balaban J connectivity index is 1.59. The zero-order valence-electron chi connectivity index (χ0n) is 18.1. The smallest absolute Gasteiger partial charge is 0.106 e. The summed E-state index contributed by atoms with van der Waals surface area (Å²) in [6.45, 7) is 5.60. The second kappa shape index (κ2) is 20.6. The first-order valence-corrected chi connectivity index (χ1v) is 11.9. The van der Waals surface area contributed by atoms with Crippen LogP contribution in [0.2, 0.25) is 0 Å². The Morgan fingerprint density at radius 3 is 1.52 bits per heavy atom. The van der Waals surface area contributed by atoms with Crippen LogP contribution >= 0.6 is 0 Å². The molecule has 1 unspecified atom stereocenters. The van der Waals surface area contributed by atoms with Gasteiger partial charge in [0.2, 0.25) is 0 Å². The number of hydrogen-bond donors (Lipinski definition) is 0. The molecule has 1 saturated heterocycles. The number of rotatable bonds is 23. The Bertz CT molecular complexity index is 282. The molecule has 1 aliphatic heterocycles. The molecule has 0 amide bonds. The van der Waals surface area contributed by atoms with E-state index in [1.807, 2.05) is 0 Å². The first-order chi connectivity index (χ1) is 13.4. The van der Waals surface area contributed by atoms with Crippen LogP contribution in [0.15, 0.2) is 0 Å². The molecule has 4 heteroatoms. The van der Waals surface area contributed by atoms with Gasteiger partial charge >= 0.3 is 0 Å². The first-order valence-electron chi connectivity index (χ1n) is 11.9. The minimum atomic E-state index is 0.330. The standard InChI is InChI=1S/C23H46O4/c1-2-3-4-5-6-7-8-9-10-11-12-13-14-15-16-17-18-26-27-20-19-24-21-23-22-25-23/h23H,2-22H2,1H3. The summed E-state index contributed by atoms with van der Waals surface area (Å²) < 4.78 is 10.4. The number of ether oxygens (including phenoxy) is 2. The molecule has 0 saturated carbocycles. The van der Waals surface area contributed by atoms with E-state index in [2.05, 4.69) is 6.92 Å². The lowest BCUT2D eigenvalue weighted by molar-refractivity contribution is -0.299. The van der Waals surface area contributed by atoms with E-state index in [1.165, 1.54) is 96.3 Å². The summed E-state index contributed by atoms with van der Waals surface area (Å²) in [4.78, 5) is 10.3. The molecule has 4 nitrogen and oxygen atoms in total. The SMILES string of the molecule is CCCCCCCCCCCCCCCCCCOOCCOCC1CO1. The summed E-state index contributed by atoms with van der Waals surface area (Å²) in [5, 5.41) is 0. The van der Waals surface area contributed by atoms with Gasteiger partial charge in [0.05, 0.1) is 26.4 Å². The van der Waals surface area contributed by atoms with E-state index in [9.17, 15) is 0 Å². The maximum absolute atomic E-state index is 5.36. The zero-order chi connectivity index (χ0) is 19.3. The van der Waals surface area contributed by atoms with Crippen LogP contribution in [0.25, 0.3) is 0 Å². The Morgan fingerprint density at radius 2 is 1.04 bits per heavy atom. The molecular weight excluding hydrogens is 340 g/mol. The van der Waals surface area contributed by atoms with Crippen molar-refractivity contribution in [3.8, 4) is 0 Å². The van der Waals surface area contributed by atoms with Crippen LogP contribution in [0.5, 0.6) is 0 Å². The molecule has 1 fully saturated rings. The second-order valence-corrected chi connectivity index (χ2v) is 7.98. The molecule has 1 aliphatic rings. The molecule has 0 N–H and O–H groups in total. The van der Waals surface area contributed by atoms with Crippen molar-refractivity contribution >= 4 is 0 Å². The Kier molecular flexibility index (Phi) is 19.0. The summed E-state index contributed by atoms with van der Waals surface area (Å²) in [6.07, 6.45) is 22.6. The second-order valence-electron chi connectivity index (χ2n) is 7.98. The molecular formula is C23H46O4. The van der Waals surface area contributed by atoms with E-state index in [0.29, 0.717) is 32.5 Å². The highest BCUT2D eigenvalue weighted by Gasteiger charge is 2.21. The van der Waals surface area contributed by atoms with E-state index in [-0.39, 0.29) is 0 Å². The van der Waals surface area contributed by atoms with E-state index < -0.39 is 0 Å². The molecule has 0 radical (unpaired) electrons. The van der Waals surface area contributed by atoms with Crippen molar-refractivity contribution in [2.24, 2.45) is 0 Å². The van der Waals surface area contributed by atoms with Gasteiger partial charge < -0.3 is 9.47 Å². The van der Waals surface area contributed by atoms with Gasteiger partial charge in [0.15, 0.2) is 0 Å². The van der Waals surface area contributed by atoms with Crippen LogP contribution in [0.1, 0.15) is 110 Å². The maximum atomic E-state index is 5.36. The van der Waals surface area contributed by atoms with Crippen molar-refractivity contribution in [3.63, 3.8) is 0 Å². The minimum absolute atomic E-state index is 0.330. The third-order valence-corrected chi connectivity index (χ3v) is 5.18. The lowest BCUT2D eigenvalue weighted by Gasteiger charge is -2.05. The molecule has 0 bridgehead atoms. The molecule has 0 aromatic carbocycles. The predicted molar refractivity (Wildman–Crippen MR) is 112 cm³/mol. The monoisotopic (exact) mass is 386 g/mol. The largest absolute Gasteiger partial charge is 0.376 e. The van der Waals surface area contributed by atoms with Crippen LogP contribution in [0, 0.1) is 0 Å². The quantitative estimate of drug-likeness (QED) is 0.0857. The third-order valence-electron chi connectivity index (χ3n) is 5.18. The summed E-state index contributed by atoms with van der Waals surface area (Å²) in [5.41, 5.74) is 0. The summed E-state index contributed by atoms with van der Waals surface area (Å²) >= 11 is 0. The topological polar surface area (TPSA) is 40.2 Å². The zero-order valence-corrected chi connectivity index (χ0v) is 18.1. The fourth-order valence-electron chi connectivity index (χ4n) is 3.30. The van der Waals surface area contributed by atoms with Gasteiger partial charge in [-0.1, -0.05) is 103 Å². The molecule has 1 heterocycles. The van der Waals surface area contributed by atoms with Gasteiger partial charge in [0.25, 0.3) is 0 Å². The molecule has 1 rings (SSSR count). The van der Waals surface area contributed by atoms with Crippen LogP contribution in [0.4, 0.5) is 0 Å². The van der Waals surface area contributed by atoms with Gasteiger partial charge in [-0.3, -0.25) is 0 Å². The van der Waals surface area contributed by atoms with Crippen molar-refractivity contribution in [1.29, 1.82) is 0 Å². The molecule has 1 atom stereocenters. The lowest BCUT2D eigenvalue weighted by atomic mass is 10.0. The minimum Gasteiger partial charge on any atom is -0.376 e. The van der Waals surface area contributed by atoms with Crippen molar-refractivity contribution in [2.45, 2.75) is 116 Å². The summed E-state index contributed by atoms with van der Waals surface area (Å²) in [7, 11) is 0. The molecule has 0 aromatic rings. The molecule has 0 aliphatic carbocycles. The average Bonchev–Trinajstić information content (AvgIpc) is 3.50. The van der Waals surface area contributed by atoms with Crippen LogP contribution in [-0.2, 0) is 19.2 Å². The van der Waals surface area contributed by atoms with Gasteiger partial charge in [0, 0.05) is 0 Å². The van der Waals surface area contributed by atoms with E-state index in [4.69, 9.17) is 19.2 Å². The van der Waals surface area contributed by atoms with E-state index >= 15 is 0 Å². The fraction of sp³-hybridized carbons (Fsp3) is 1.00. The lowest BCUT2D eigenvalue weighted by Crippen LogP contribution is -2.09. The summed E-state index contributed by atoms with van der Waals surface area (Å²) in [6, 6.07) is 0. The average molecular weight is 387 g/mol. The fourth-order valence-corrected chi connectivity index (χ4v) is 3.30.